The van der Waals surface area contributed by atoms with Crippen LogP contribution in [0.3, 0.4) is 0 Å². The molecule has 3 aliphatic rings. The third-order valence-electron chi connectivity index (χ3n) is 13.9. The molecule has 7 rings (SSSR count). The van der Waals surface area contributed by atoms with Gasteiger partial charge >= 0.3 is 12.2 Å². The van der Waals surface area contributed by atoms with E-state index in [2.05, 4.69) is 43.8 Å². The van der Waals surface area contributed by atoms with Crippen LogP contribution in [0.25, 0.3) is 5.69 Å². The highest BCUT2D eigenvalue weighted by atomic mass is 19.4. The van der Waals surface area contributed by atoms with Gasteiger partial charge in [0.15, 0.2) is 5.69 Å². The standard InChI is InChI=1S/C53H66F3N9O7/c54-53(55,56)42-17-13-12-14-39(42)35-57-51(71)60-45-34-44(62-65(45)41-15-8-7-9-16-41)49(69)58-36-52(72)28-32-64(33-29-52)48(68)19-11-6-4-2-1-3-5-10-18-47(67)63-30-26-38(27-31-63)37-20-22-40(23-21-37)59-43-24-25-46(66)61-50(43)70/h7-9,12-17,20-23,34,38,43,59,72H,1-6,10-11,18-19,24-33,35-36H2,(H,58,69)(H2,57,60,71)(H,61,66,70). The highest BCUT2D eigenvalue weighted by molar-refractivity contribution is 6.01. The highest BCUT2D eigenvalue weighted by Crippen LogP contribution is 2.33. The number of hydrogen-bond acceptors (Lipinski definition) is 9. The molecule has 1 atom stereocenters. The monoisotopic (exact) mass is 998 g/mol. The average molecular weight is 998 g/mol. The number of aromatic nitrogens is 2. The van der Waals surface area contributed by atoms with Crippen LogP contribution in [0, 0.1) is 0 Å². The summed E-state index contributed by atoms with van der Waals surface area (Å²) in [5.74, 6) is -0.380. The number of unbranched alkanes of at least 4 members (excludes halogenated alkanes) is 7. The second-order valence-corrected chi connectivity index (χ2v) is 19.2. The normalized spacial score (nSPS) is 17.2. The third kappa shape index (κ3) is 15.1. The lowest BCUT2D eigenvalue weighted by Gasteiger charge is -2.38. The number of piperidine rings is 3. The predicted octanol–water partition coefficient (Wildman–Crippen LogP) is 7.82. The van der Waals surface area contributed by atoms with Crippen molar-refractivity contribution < 1.29 is 47.0 Å². The summed E-state index contributed by atoms with van der Waals surface area (Å²) in [5, 5.41) is 29.1. The van der Waals surface area contributed by atoms with Crippen LogP contribution in [0.4, 0.5) is 29.5 Å². The maximum absolute atomic E-state index is 13.5. The minimum atomic E-state index is -4.59. The molecule has 0 aliphatic carbocycles. The van der Waals surface area contributed by atoms with Gasteiger partial charge in [0.2, 0.25) is 23.6 Å². The lowest BCUT2D eigenvalue weighted by Crippen LogP contribution is -2.52. The number of amides is 7. The summed E-state index contributed by atoms with van der Waals surface area (Å²) in [4.78, 5) is 79.5. The molecule has 16 nitrogen and oxygen atoms in total. The molecular formula is C53H66F3N9O7. The maximum atomic E-state index is 13.5. The lowest BCUT2D eigenvalue weighted by atomic mass is 9.89. The van der Waals surface area contributed by atoms with E-state index in [4.69, 9.17) is 0 Å². The Bertz CT molecular complexity index is 2490. The number of nitrogens with zero attached hydrogens (tertiary/aromatic N) is 4. The molecule has 3 aromatic carbocycles. The number of nitrogens with one attached hydrogen (secondary N) is 5. The zero-order chi connectivity index (χ0) is 51.1. The number of carbonyl (C=O) groups excluding carboxylic acids is 6. The molecule has 0 bridgehead atoms. The van der Waals surface area contributed by atoms with Gasteiger partial charge in [-0.05, 0) is 92.3 Å². The second kappa shape index (κ2) is 25.1. The molecule has 0 spiro atoms. The molecule has 3 aliphatic heterocycles. The zero-order valence-corrected chi connectivity index (χ0v) is 40.6. The van der Waals surface area contributed by atoms with Crippen molar-refractivity contribution in [1.82, 2.24) is 35.5 Å². The molecule has 3 fully saturated rings. The number of benzene rings is 3. The van der Waals surface area contributed by atoms with E-state index in [1.165, 1.54) is 34.5 Å². The first kappa shape index (κ1) is 53.0. The number of aliphatic hydroxyl groups is 1. The van der Waals surface area contributed by atoms with Gasteiger partial charge in [-0.25, -0.2) is 9.48 Å². The fraction of sp³-hybridized carbons (Fsp3) is 0.491. The molecule has 0 saturated carbocycles. The molecule has 19 heteroatoms. The van der Waals surface area contributed by atoms with Crippen LogP contribution in [0.1, 0.15) is 136 Å². The average Bonchev–Trinajstić information content (AvgIpc) is 3.80. The fourth-order valence-electron chi connectivity index (χ4n) is 9.59. The van der Waals surface area contributed by atoms with Crippen molar-refractivity contribution in [2.24, 2.45) is 0 Å². The Balaban J connectivity index is 0.726. The number of imide groups is 1. The first-order chi connectivity index (χ1) is 34.6. The van der Waals surface area contributed by atoms with E-state index in [9.17, 15) is 47.0 Å². The van der Waals surface area contributed by atoms with Crippen molar-refractivity contribution in [2.45, 2.75) is 133 Å². The number of alkyl halides is 3. The van der Waals surface area contributed by atoms with Crippen LogP contribution in [-0.4, -0.2) is 105 Å². The first-order valence-corrected chi connectivity index (χ1v) is 25.3. The summed E-state index contributed by atoms with van der Waals surface area (Å²) in [6.45, 7) is 1.73. The summed E-state index contributed by atoms with van der Waals surface area (Å²) in [6.07, 6.45) is 7.52. The molecule has 0 radical (unpaired) electrons. The van der Waals surface area contributed by atoms with Crippen molar-refractivity contribution in [2.75, 3.05) is 43.4 Å². The van der Waals surface area contributed by atoms with E-state index in [0.29, 0.717) is 50.4 Å². The molecule has 7 amide bonds. The Morgan fingerprint density at radius 2 is 1.33 bits per heavy atom. The van der Waals surface area contributed by atoms with E-state index in [-0.39, 0.29) is 60.1 Å². The van der Waals surface area contributed by atoms with Crippen LogP contribution < -0.4 is 26.6 Å². The van der Waals surface area contributed by atoms with Gasteiger partial charge in [-0.3, -0.25) is 34.6 Å². The number of urea groups is 1. The summed E-state index contributed by atoms with van der Waals surface area (Å²) < 4.78 is 41.8. The molecule has 1 aromatic heterocycles. The quantitative estimate of drug-likeness (QED) is 0.0355. The highest BCUT2D eigenvalue weighted by Gasteiger charge is 2.35. The third-order valence-corrected chi connectivity index (χ3v) is 13.9. The predicted molar refractivity (Wildman–Crippen MR) is 265 cm³/mol. The second-order valence-electron chi connectivity index (χ2n) is 19.2. The minimum Gasteiger partial charge on any atom is -0.388 e. The van der Waals surface area contributed by atoms with E-state index in [1.807, 2.05) is 17.0 Å². The van der Waals surface area contributed by atoms with Gasteiger partial charge in [0.1, 0.15) is 11.9 Å². The van der Waals surface area contributed by atoms with Gasteiger partial charge < -0.3 is 30.9 Å². The van der Waals surface area contributed by atoms with E-state index >= 15 is 0 Å². The van der Waals surface area contributed by atoms with Crippen LogP contribution >= 0.6 is 0 Å². The van der Waals surface area contributed by atoms with Gasteiger partial charge in [-0.2, -0.15) is 18.3 Å². The molecule has 4 aromatic rings. The Labute approximate surface area is 417 Å². The van der Waals surface area contributed by atoms with Crippen LogP contribution in [-0.2, 0) is 31.9 Å². The fourth-order valence-corrected chi connectivity index (χ4v) is 9.59. The summed E-state index contributed by atoms with van der Waals surface area (Å²) in [5.41, 5.74) is 0.310. The molecule has 3 saturated heterocycles. The van der Waals surface area contributed by atoms with E-state index < -0.39 is 41.9 Å². The smallest absolute Gasteiger partial charge is 0.388 e. The summed E-state index contributed by atoms with van der Waals surface area (Å²) in [7, 11) is 0. The van der Waals surface area contributed by atoms with Gasteiger partial charge in [0, 0.05) is 70.3 Å². The maximum Gasteiger partial charge on any atom is 0.416 e. The number of hydrogen-bond donors (Lipinski definition) is 6. The molecule has 6 N–H and O–H groups in total. The van der Waals surface area contributed by atoms with E-state index in [0.717, 1.165) is 89.1 Å². The topological polar surface area (TPSA) is 207 Å². The number of rotatable bonds is 21. The van der Waals surface area contributed by atoms with Crippen LogP contribution in [0.15, 0.2) is 84.9 Å². The number of likely N-dealkylation sites (tertiary alicyclic amines) is 2. The SMILES string of the molecule is O=C1CCC(Nc2ccc(C3CCN(C(=O)CCCCCCCCCCC(=O)N4CCC(O)(CNC(=O)c5cc(NC(=O)NCc6ccccc6C(F)(F)F)n(-c6ccccc6)n5)CC4)CC3)cc2)C(=O)N1. The Hall–Kier alpha value is -6.76. The number of anilines is 2. The summed E-state index contributed by atoms with van der Waals surface area (Å²) in [6, 6.07) is 21.8. The molecular weight excluding hydrogens is 932 g/mol. The number of para-hydroxylation sites is 1. The van der Waals surface area contributed by atoms with E-state index in [1.54, 1.807) is 35.2 Å². The van der Waals surface area contributed by atoms with Crippen LogP contribution in [0.5, 0.6) is 0 Å². The van der Waals surface area contributed by atoms with Crippen molar-refractivity contribution >= 4 is 47.1 Å². The minimum absolute atomic E-state index is 0.0466. The van der Waals surface area contributed by atoms with Gasteiger partial charge in [-0.15, -0.1) is 0 Å². The Morgan fingerprint density at radius 3 is 1.96 bits per heavy atom. The van der Waals surface area contributed by atoms with Gasteiger partial charge in [0.25, 0.3) is 5.91 Å². The number of halogens is 3. The molecule has 72 heavy (non-hydrogen) atoms. The molecule has 1 unspecified atom stereocenters. The zero-order valence-electron chi connectivity index (χ0n) is 40.6. The van der Waals surface area contributed by atoms with Crippen molar-refractivity contribution in [3.63, 3.8) is 0 Å². The largest absolute Gasteiger partial charge is 0.416 e. The first-order valence-electron chi connectivity index (χ1n) is 25.3. The van der Waals surface area contributed by atoms with Crippen molar-refractivity contribution in [3.05, 3.63) is 107 Å². The molecule has 386 valence electrons. The van der Waals surface area contributed by atoms with Gasteiger partial charge in [0.05, 0.1) is 16.9 Å². The van der Waals surface area contributed by atoms with Crippen LogP contribution in [0.2, 0.25) is 0 Å². The number of carbonyl (C=O) groups is 6. The van der Waals surface area contributed by atoms with Crippen molar-refractivity contribution in [1.29, 1.82) is 0 Å². The Morgan fingerprint density at radius 1 is 0.736 bits per heavy atom. The Kier molecular flexibility index (Phi) is 18.5. The molecule has 4 heterocycles. The van der Waals surface area contributed by atoms with Gasteiger partial charge in [-0.1, -0.05) is 87.1 Å². The lowest BCUT2D eigenvalue weighted by molar-refractivity contribution is -0.138. The van der Waals surface area contributed by atoms with Crippen molar-refractivity contribution in [3.8, 4) is 5.69 Å². The summed E-state index contributed by atoms with van der Waals surface area (Å²) >= 11 is 0.